The van der Waals surface area contributed by atoms with Gasteiger partial charge < -0.3 is 15.5 Å². The lowest BCUT2D eigenvalue weighted by Crippen LogP contribution is -2.39. The van der Waals surface area contributed by atoms with Gasteiger partial charge in [0.1, 0.15) is 11.6 Å². The van der Waals surface area contributed by atoms with Gasteiger partial charge in [-0.1, -0.05) is 38.1 Å². The van der Waals surface area contributed by atoms with E-state index in [4.69, 9.17) is 0 Å². The maximum absolute atomic E-state index is 13.1. The van der Waals surface area contributed by atoms with Crippen molar-refractivity contribution in [3.63, 3.8) is 0 Å². The number of anilines is 2. The van der Waals surface area contributed by atoms with Crippen molar-refractivity contribution in [1.29, 1.82) is 0 Å². The Bertz CT molecular complexity index is 1040. The highest BCUT2D eigenvalue weighted by atomic mass is 32.1. The number of hydrogen-bond acceptors (Lipinski definition) is 5. The molecule has 2 amide bonds. The summed E-state index contributed by atoms with van der Waals surface area (Å²) in [6.07, 6.45) is 2.60. The first-order valence-electron chi connectivity index (χ1n) is 11.4. The average Bonchev–Trinajstić information content (AvgIpc) is 3.28. The van der Waals surface area contributed by atoms with Gasteiger partial charge in [0.05, 0.1) is 0 Å². The predicted molar refractivity (Wildman–Crippen MR) is 132 cm³/mol. The van der Waals surface area contributed by atoms with Gasteiger partial charge in [-0.25, -0.2) is 14.2 Å². The highest BCUT2D eigenvalue weighted by Crippen LogP contribution is 2.25. The van der Waals surface area contributed by atoms with Crippen molar-refractivity contribution in [3.8, 4) is 0 Å². The molecule has 8 heteroatoms. The first kappa shape index (κ1) is 23.2. The van der Waals surface area contributed by atoms with Crippen molar-refractivity contribution in [2.24, 2.45) is 5.92 Å². The number of carbonyl (C=O) groups excluding carboxylic acids is 1. The molecule has 4 rings (SSSR count). The van der Waals surface area contributed by atoms with Crippen LogP contribution in [0.1, 0.15) is 49.6 Å². The zero-order valence-corrected chi connectivity index (χ0v) is 19.9. The maximum Gasteiger partial charge on any atom is 0.319 e. The summed E-state index contributed by atoms with van der Waals surface area (Å²) in [6.45, 7) is 6.76. The second-order valence-electron chi connectivity index (χ2n) is 8.84. The fourth-order valence-corrected chi connectivity index (χ4v) is 4.66. The minimum atomic E-state index is -0.235. The van der Waals surface area contributed by atoms with Gasteiger partial charge in [-0.3, -0.25) is 0 Å². The summed E-state index contributed by atoms with van der Waals surface area (Å²) >= 11 is 1.41. The van der Waals surface area contributed by atoms with Crippen molar-refractivity contribution >= 4 is 28.4 Å². The van der Waals surface area contributed by atoms with Crippen LogP contribution < -0.4 is 15.5 Å². The Kier molecular flexibility index (Phi) is 7.54. The highest BCUT2D eigenvalue weighted by Gasteiger charge is 2.22. The number of hydrogen-bond donors (Lipinski definition) is 2. The van der Waals surface area contributed by atoms with E-state index in [0.717, 1.165) is 48.1 Å². The number of nitrogens with zero attached hydrogens (tertiary/aromatic N) is 3. The van der Waals surface area contributed by atoms with Crippen LogP contribution in [0.25, 0.3) is 0 Å². The molecule has 0 radical (unpaired) electrons. The fraction of sp³-hybridized carbons (Fsp3) is 0.400. The zero-order valence-electron chi connectivity index (χ0n) is 19.1. The number of benzene rings is 2. The molecule has 0 saturated carbocycles. The van der Waals surface area contributed by atoms with E-state index in [-0.39, 0.29) is 11.8 Å². The number of nitrogens with one attached hydrogen (secondary N) is 2. The fourth-order valence-electron chi connectivity index (χ4n) is 3.92. The van der Waals surface area contributed by atoms with E-state index < -0.39 is 0 Å². The lowest BCUT2D eigenvalue weighted by atomic mass is 9.97. The van der Waals surface area contributed by atoms with Crippen LogP contribution in [0.2, 0.25) is 0 Å². The summed E-state index contributed by atoms with van der Waals surface area (Å²) in [5, 5.41) is 6.85. The highest BCUT2D eigenvalue weighted by molar-refractivity contribution is 7.09. The monoisotopic (exact) mass is 467 g/mol. The molecule has 2 N–H and O–H groups in total. The molecule has 1 aliphatic heterocycles. The third-order valence-corrected chi connectivity index (χ3v) is 6.82. The second kappa shape index (κ2) is 10.7. The summed E-state index contributed by atoms with van der Waals surface area (Å²) in [5.41, 5.74) is 3.06. The van der Waals surface area contributed by atoms with Crippen LogP contribution in [0.15, 0.2) is 48.5 Å². The van der Waals surface area contributed by atoms with Gasteiger partial charge in [-0.05, 0) is 60.1 Å². The lowest BCUT2D eigenvalue weighted by Gasteiger charge is -2.31. The van der Waals surface area contributed by atoms with Gasteiger partial charge in [-0.2, -0.15) is 4.37 Å². The van der Waals surface area contributed by atoms with Gasteiger partial charge >= 0.3 is 6.03 Å². The molecule has 0 bridgehead atoms. The van der Waals surface area contributed by atoms with E-state index in [0.29, 0.717) is 24.8 Å². The molecule has 33 heavy (non-hydrogen) atoms. The summed E-state index contributed by atoms with van der Waals surface area (Å²) in [6, 6.07) is 14.3. The van der Waals surface area contributed by atoms with Crippen molar-refractivity contribution in [3.05, 3.63) is 71.3 Å². The molecule has 1 fully saturated rings. The van der Waals surface area contributed by atoms with Crippen LogP contribution in [0.4, 0.5) is 20.0 Å². The minimum Gasteiger partial charge on any atom is -0.347 e. The molecule has 1 aliphatic rings. The molecular formula is C25H30FN5OS. The molecule has 1 aromatic heterocycles. The van der Waals surface area contributed by atoms with Crippen molar-refractivity contribution in [2.45, 2.75) is 39.0 Å². The standard InChI is InChI=1S/C25H30FN5OS/c1-17(2)20-5-9-22(10-6-20)28-24(32)27-16-19-11-13-31(14-12-19)25-29-23(30-33-25)15-18-3-7-21(26)8-4-18/h3-10,17,19H,11-16H2,1-2H3,(H2,27,28,32). The van der Waals surface area contributed by atoms with Crippen LogP contribution in [0.5, 0.6) is 0 Å². The van der Waals surface area contributed by atoms with E-state index >= 15 is 0 Å². The number of aromatic nitrogens is 2. The summed E-state index contributed by atoms with van der Waals surface area (Å²) in [5.74, 6) is 1.45. The molecule has 3 aromatic rings. The Labute approximate surface area is 198 Å². The van der Waals surface area contributed by atoms with E-state index in [1.807, 2.05) is 12.1 Å². The summed E-state index contributed by atoms with van der Waals surface area (Å²) in [7, 11) is 0. The molecule has 1 saturated heterocycles. The van der Waals surface area contributed by atoms with Crippen molar-refractivity contribution < 1.29 is 9.18 Å². The number of urea groups is 1. The van der Waals surface area contributed by atoms with E-state index in [2.05, 4.69) is 50.9 Å². The zero-order chi connectivity index (χ0) is 23.2. The first-order chi connectivity index (χ1) is 16.0. The average molecular weight is 468 g/mol. The molecular weight excluding hydrogens is 437 g/mol. The first-order valence-corrected chi connectivity index (χ1v) is 12.2. The number of amides is 2. The maximum atomic E-state index is 13.1. The SMILES string of the molecule is CC(C)c1ccc(NC(=O)NCC2CCN(c3nc(Cc4ccc(F)cc4)ns3)CC2)cc1. The van der Waals surface area contributed by atoms with Crippen molar-refractivity contribution in [1.82, 2.24) is 14.7 Å². The molecule has 2 aromatic carbocycles. The van der Waals surface area contributed by atoms with E-state index in [9.17, 15) is 9.18 Å². The van der Waals surface area contributed by atoms with Crippen LogP contribution >= 0.6 is 11.5 Å². The molecule has 174 valence electrons. The van der Waals surface area contributed by atoms with Gasteiger partial charge in [0.2, 0.25) is 5.13 Å². The molecule has 0 spiro atoms. The minimum absolute atomic E-state index is 0.163. The molecule has 0 aliphatic carbocycles. The summed E-state index contributed by atoms with van der Waals surface area (Å²) in [4.78, 5) is 19.2. The Morgan fingerprint density at radius 1 is 1.12 bits per heavy atom. The predicted octanol–water partition coefficient (Wildman–Crippen LogP) is 5.43. The smallest absolute Gasteiger partial charge is 0.319 e. The Hall–Kier alpha value is -3.00. The largest absolute Gasteiger partial charge is 0.347 e. The third-order valence-electron chi connectivity index (χ3n) is 6.00. The second-order valence-corrected chi connectivity index (χ2v) is 9.57. The number of piperidine rings is 1. The Morgan fingerprint density at radius 3 is 2.48 bits per heavy atom. The summed E-state index contributed by atoms with van der Waals surface area (Å²) < 4.78 is 17.5. The van der Waals surface area contributed by atoms with Crippen LogP contribution in [-0.2, 0) is 6.42 Å². The molecule has 2 heterocycles. The van der Waals surface area contributed by atoms with E-state index in [1.165, 1.54) is 29.2 Å². The van der Waals surface area contributed by atoms with Gasteiger partial charge in [-0.15, -0.1) is 0 Å². The van der Waals surface area contributed by atoms with Gasteiger partial charge in [0.15, 0.2) is 0 Å². The number of halogens is 1. The van der Waals surface area contributed by atoms with Gasteiger partial charge in [0, 0.05) is 43.3 Å². The number of rotatable bonds is 7. The van der Waals surface area contributed by atoms with Crippen LogP contribution in [0, 0.1) is 11.7 Å². The Balaban J connectivity index is 1.19. The van der Waals surface area contributed by atoms with E-state index in [1.54, 1.807) is 12.1 Å². The number of carbonyl (C=O) groups is 1. The lowest BCUT2D eigenvalue weighted by molar-refractivity contribution is 0.248. The topological polar surface area (TPSA) is 70.2 Å². The molecule has 6 nitrogen and oxygen atoms in total. The van der Waals surface area contributed by atoms with Crippen molar-refractivity contribution in [2.75, 3.05) is 29.9 Å². The van der Waals surface area contributed by atoms with Crippen LogP contribution in [0.3, 0.4) is 0 Å². The molecule has 0 atom stereocenters. The van der Waals surface area contributed by atoms with Gasteiger partial charge in [0.25, 0.3) is 0 Å². The quantitative estimate of drug-likeness (QED) is 0.486. The van der Waals surface area contributed by atoms with Crippen LogP contribution in [-0.4, -0.2) is 35.0 Å². The molecule has 0 unspecified atom stereocenters. The normalized spacial score (nSPS) is 14.5. The Morgan fingerprint density at radius 2 is 1.82 bits per heavy atom. The third kappa shape index (κ3) is 6.51.